The van der Waals surface area contributed by atoms with Gasteiger partial charge in [-0.3, -0.25) is 4.40 Å². The van der Waals surface area contributed by atoms with E-state index in [0.717, 1.165) is 6.07 Å². The minimum atomic E-state index is -1.56. The van der Waals surface area contributed by atoms with Gasteiger partial charge < -0.3 is 5.11 Å². The van der Waals surface area contributed by atoms with Gasteiger partial charge in [-0.25, -0.2) is 27.5 Å². The topological polar surface area (TPSA) is 74.2 Å². The van der Waals surface area contributed by atoms with Gasteiger partial charge in [-0.15, -0.1) is 0 Å². The van der Waals surface area contributed by atoms with Gasteiger partial charge in [0.2, 0.25) is 0 Å². The maximum absolute atomic E-state index is 15.5. The monoisotopic (exact) mass is 426 g/mol. The number of nitriles is 1. The van der Waals surface area contributed by atoms with Gasteiger partial charge in [0.15, 0.2) is 11.5 Å². The Kier molecular flexibility index (Phi) is 4.75. The number of aromatic nitrogens is 3. The predicted octanol–water partition coefficient (Wildman–Crippen LogP) is 4.72. The van der Waals surface area contributed by atoms with E-state index in [0.29, 0.717) is 6.07 Å². The molecule has 0 radical (unpaired) electrons. The number of benzene rings is 2. The average molecular weight is 426 g/mol. The fourth-order valence-electron chi connectivity index (χ4n) is 3.40. The lowest BCUT2D eigenvalue weighted by atomic mass is 9.96. The summed E-state index contributed by atoms with van der Waals surface area (Å²) in [4.78, 5) is 7.90. The number of nitrogens with zero attached hydrogens (tertiary/aromatic N) is 4. The van der Waals surface area contributed by atoms with E-state index >= 15 is 4.39 Å². The molecule has 0 unspecified atom stereocenters. The van der Waals surface area contributed by atoms with Gasteiger partial charge in [-0.1, -0.05) is 12.1 Å². The van der Waals surface area contributed by atoms with Crippen molar-refractivity contribution in [2.45, 2.75) is 19.4 Å². The third-order valence-corrected chi connectivity index (χ3v) is 4.80. The van der Waals surface area contributed by atoms with Crippen LogP contribution >= 0.6 is 0 Å². The molecule has 0 fully saturated rings. The highest BCUT2D eigenvalue weighted by Crippen LogP contribution is 2.35. The minimum Gasteiger partial charge on any atom is -0.384 e. The van der Waals surface area contributed by atoms with E-state index in [-0.39, 0.29) is 39.3 Å². The van der Waals surface area contributed by atoms with E-state index in [1.807, 2.05) is 0 Å². The first kappa shape index (κ1) is 20.5. The van der Waals surface area contributed by atoms with Crippen molar-refractivity contribution in [1.29, 1.82) is 5.26 Å². The molecule has 4 rings (SSSR count). The maximum Gasteiger partial charge on any atom is 0.190 e. The Labute approximate surface area is 173 Å². The smallest absolute Gasteiger partial charge is 0.190 e. The number of hydrogen-bond donors (Lipinski definition) is 1. The summed E-state index contributed by atoms with van der Waals surface area (Å²) in [6.07, 6.45) is 2.40. The summed E-state index contributed by atoms with van der Waals surface area (Å²) in [6, 6.07) is 7.10. The summed E-state index contributed by atoms with van der Waals surface area (Å²) in [5.41, 5.74) is -2.92. The number of halogens is 4. The second-order valence-corrected chi connectivity index (χ2v) is 7.39. The van der Waals surface area contributed by atoms with Gasteiger partial charge >= 0.3 is 0 Å². The van der Waals surface area contributed by atoms with Gasteiger partial charge in [-0.05, 0) is 26.0 Å². The molecule has 0 atom stereocenters. The molecule has 2 aromatic carbocycles. The summed E-state index contributed by atoms with van der Waals surface area (Å²) >= 11 is 0. The Morgan fingerprint density at radius 2 is 1.74 bits per heavy atom. The summed E-state index contributed by atoms with van der Waals surface area (Å²) in [5.74, 6) is -3.82. The fourth-order valence-corrected chi connectivity index (χ4v) is 3.40. The van der Waals surface area contributed by atoms with Crippen molar-refractivity contribution in [3.63, 3.8) is 0 Å². The summed E-state index contributed by atoms with van der Waals surface area (Å²) < 4.78 is 59.4. The van der Waals surface area contributed by atoms with Crippen molar-refractivity contribution in [2.75, 3.05) is 0 Å². The molecule has 2 aromatic heterocycles. The number of imidazole rings is 1. The zero-order chi connectivity index (χ0) is 22.5. The van der Waals surface area contributed by atoms with Crippen LogP contribution in [0.1, 0.15) is 25.1 Å². The van der Waals surface area contributed by atoms with E-state index in [4.69, 9.17) is 0 Å². The summed E-state index contributed by atoms with van der Waals surface area (Å²) in [6.45, 7) is 2.73. The van der Waals surface area contributed by atoms with Crippen molar-refractivity contribution < 1.29 is 22.7 Å². The van der Waals surface area contributed by atoms with Crippen LogP contribution in [0, 0.1) is 34.6 Å². The van der Waals surface area contributed by atoms with E-state index in [9.17, 15) is 23.5 Å². The van der Waals surface area contributed by atoms with Crippen LogP contribution in [0.4, 0.5) is 17.6 Å². The van der Waals surface area contributed by atoms with E-state index in [1.165, 1.54) is 49.0 Å². The Morgan fingerprint density at radius 3 is 2.42 bits per heavy atom. The Bertz CT molecular complexity index is 1380. The van der Waals surface area contributed by atoms with Crippen LogP contribution < -0.4 is 0 Å². The first-order valence-corrected chi connectivity index (χ1v) is 9.06. The molecular formula is C22H14F4N4O. The lowest BCUT2D eigenvalue weighted by Gasteiger charge is -2.17. The van der Waals surface area contributed by atoms with Crippen LogP contribution in [0.25, 0.3) is 28.0 Å². The third kappa shape index (κ3) is 3.31. The molecule has 1 N–H and O–H groups in total. The summed E-state index contributed by atoms with van der Waals surface area (Å²) in [7, 11) is 0. The average Bonchev–Trinajstić information content (AvgIpc) is 3.12. The van der Waals surface area contributed by atoms with E-state index in [2.05, 4.69) is 9.97 Å². The van der Waals surface area contributed by atoms with Crippen LogP contribution in [0.15, 0.2) is 42.9 Å². The molecule has 156 valence electrons. The Balaban J connectivity index is 1.94. The van der Waals surface area contributed by atoms with Crippen LogP contribution in [-0.2, 0) is 5.60 Å². The van der Waals surface area contributed by atoms with Crippen LogP contribution in [0.3, 0.4) is 0 Å². The SMILES string of the molecule is CC(C)(O)c1ncn2c(-c3cccc(-c4c(F)cc(F)cc4C#N)c3F)cnc2c1F. The molecule has 0 bridgehead atoms. The molecular weight excluding hydrogens is 412 g/mol. The van der Waals surface area contributed by atoms with Gasteiger partial charge in [-0.2, -0.15) is 5.26 Å². The molecule has 0 aliphatic carbocycles. The molecule has 0 spiro atoms. The quantitative estimate of drug-likeness (QED) is 0.481. The van der Waals surface area contributed by atoms with Gasteiger partial charge in [0.25, 0.3) is 0 Å². The second-order valence-electron chi connectivity index (χ2n) is 7.39. The van der Waals surface area contributed by atoms with Crippen LogP contribution in [0.2, 0.25) is 0 Å². The van der Waals surface area contributed by atoms with Crippen molar-refractivity contribution in [2.24, 2.45) is 0 Å². The van der Waals surface area contributed by atoms with Crippen molar-refractivity contribution >= 4 is 5.65 Å². The van der Waals surface area contributed by atoms with Crippen molar-refractivity contribution in [3.05, 3.63) is 77.4 Å². The first-order chi connectivity index (χ1) is 14.6. The molecule has 9 heteroatoms. The minimum absolute atomic E-state index is 0.0603. The number of aliphatic hydroxyl groups is 1. The normalized spacial score (nSPS) is 11.7. The van der Waals surface area contributed by atoms with Gasteiger partial charge in [0.05, 0.1) is 23.5 Å². The van der Waals surface area contributed by atoms with Crippen molar-refractivity contribution in [3.8, 4) is 28.5 Å². The lowest BCUT2D eigenvalue weighted by Crippen LogP contribution is -2.20. The van der Waals surface area contributed by atoms with Gasteiger partial charge in [0, 0.05) is 22.8 Å². The molecule has 0 saturated carbocycles. The largest absolute Gasteiger partial charge is 0.384 e. The zero-order valence-electron chi connectivity index (χ0n) is 16.3. The molecule has 0 aliphatic heterocycles. The third-order valence-electron chi connectivity index (χ3n) is 4.80. The fraction of sp³-hybridized carbons (Fsp3) is 0.136. The van der Waals surface area contributed by atoms with E-state index in [1.54, 1.807) is 6.07 Å². The highest BCUT2D eigenvalue weighted by atomic mass is 19.1. The molecule has 5 nitrogen and oxygen atoms in total. The molecule has 0 aliphatic rings. The molecule has 4 aromatic rings. The van der Waals surface area contributed by atoms with E-state index < -0.39 is 28.9 Å². The molecule has 2 heterocycles. The standard InChI is InChI=1S/C22H14F4N4O/c1-22(2,31)20-19(26)21-28-9-16(30(21)10-29-20)13-4-3-5-14(18(13)25)17-11(8-27)6-12(23)7-15(17)24/h3-7,9-10,31H,1-2H3. The number of rotatable bonds is 3. The second kappa shape index (κ2) is 7.18. The highest BCUT2D eigenvalue weighted by Gasteiger charge is 2.26. The zero-order valence-corrected chi connectivity index (χ0v) is 16.3. The maximum atomic E-state index is 15.5. The Hall–Kier alpha value is -3.77. The molecule has 0 amide bonds. The first-order valence-electron chi connectivity index (χ1n) is 9.06. The number of hydrogen-bond acceptors (Lipinski definition) is 4. The molecule has 31 heavy (non-hydrogen) atoms. The summed E-state index contributed by atoms with van der Waals surface area (Å²) in [5, 5.41) is 19.3. The van der Waals surface area contributed by atoms with Crippen molar-refractivity contribution in [1.82, 2.24) is 14.4 Å². The number of fused-ring (bicyclic) bond motifs is 1. The van der Waals surface area contributed by atoms with Gasteiger partial charge in [0.1, 0.15) is 35.1 Å². The van der Waals surface area contributed by atoms with Crippen LogP contribution in [-0.4, -0.2) is 19.5 Å². The highest BCUT2D eigenvalue weighted by molar-refractivity contribution is 5.77. The Morgan fingerprint density at radius 1 is 1.03 bits per heavy atom. The lowest BCUT2D eigenvalue weighted by molar-refractivity contribution is 0.0694. The molecule has 0 saturated heterocycles. The van der Waals surface area contributed by atoms with Crippen LogP contribution in [0.5, 0.6) is 0 Å². The predicted molar refractivity (Wildman–Crippen MR) is 104 cm³/mol.